The van der Waals surface area contributed by atoms with Crippen LogP contribution in [0.1, 0.15) is 38.8 Å². The van der Waals surface area contributed by atoms with Gasteiger partial charge in [-0.1, -0.05) is 6.92 Å². The van der Waals surface area contributed by atoms with Crippen LogP contribution >= 0.6 is 0 Å². The highest BCUT2D eigenvalue weighted by Crippen LogP contribution is 2.30. The van der Waals surface area contributed by atoms with Gasteiger partial charge in [0.05, 0.1) is 4.92 Å². The zero-order valence-corrected chi connectivity index (χ0v) is 13.3. The van der Waals surface area contributed by atoms with Crippen LogP contribution in [0.5, 0.6) is 0 Å². The molecule has 0 amide bonds. The molecule has 21 heavy (non-hydrogen) atoms. The molecule has 118 valence electrons. The Hall–Kier alpha value is -1.63. The van der Waals surface area contributed by atoms with Crippen molar-refractivity contribution in [1.82, 2.24) is 14.7 Å². The summed E-state index contributed by atoms with van der Waals surface area (Å²) >= 11 is 0. The molecule has 1 heterocycles. The van der Waals surface area contributed by atoms with Gasteiger partial charge >= 0.3 is 5.69 Å². The van der Waals surface area contributed by atoms with Crippen LogP contribution in [-0.2, 0) is 6.54 Å². The highest BCUT2D eigenvalue weighted by Gasteiger charge is 2.30. The monoisotopic (exact) mass is 295 g/mol. The Morgan fingerprint density at radius 1 is 1.57 bits per heavy atom. The first-order chi connectivity index (χ1) is 9.95. The second-order valence-electron chi connectivity index (χ2n) is 5.89. The van der Waals surface area contributed by atoms with Crippen LogP contribution in [0.4, 0.5) is 11.5 Å². The molecule has 0 radical (unpaired) electrons. The van der Waals surface area contributed by atoms with E-state index in [1.165, 1.54) is 12.8 Å². The van der Waals surface area contributed by atoms with E-state index in [9.17, 15) is 10.1 Å². The average Bonchev–Trinajstić information content (AvgIpc) is 3.21. The molecule has 0 aliphatic heterocycles. The van der Waals surface area contributed by atoms with E-state index in [2.05, 4.69) is 29.3 Å². The second-order valence-corrected chi connectivity index (χ2v) is 5.89. The molecule has 0 bridgehead atoms. The Bertz CT molecular complexity index is 510. The maximum Gasteiger partial charge on any atom is 0.333 e. The summed E-state index contributed by atoms with van der Waals surface area (Å²) in [5.41, 5.74) is 0.573. The van der Waals surface area contributed by atoms with Gasteiger partial charge in [-0.15, -0.1) is 0 Å². The standard InChI is InChI=1S/C14H25N5O2/c1-5-8-18-14(13(19(20)21)11(3)16-18)15-9-10(2)17(4)12-6-7-12/h10,12,15H,5-9H2,1-4H3. The van der Waals surface area contributed by atoms with Crippen molar-refractivity contribution < 1.29 is 4.92 Å². The lowest BCUT2D eigenvalue weighted by Gasteiger charge is -2.25. The predicted molar refractivity (Wildman–Crippen MR) is 82.6 cm³/mol. The highest BCUT2D eigenvalue weighted by atomic mass is 16.6. The van der Waals surface area contributed by atoms with Crippen molar-refractivity contribution in [2.75, 3.05) is 18.9 Å². The van der Waals surface area contributed by atoms with Crippen LogP contribution in [0.15, 0.2) is 0 Å². The summed E-state index contributed by atoms with van der Waals surface area (Å²) in [5, 5.41) is 18.8. The molecule has 1 aromatic rings. The number of likely N-dealkylation sites (N-methyl/N-ethyl adjacent to an activating group) is 1. The Labute approximate surface area is 125 Å². The maximum atomic E-state index is 11.3. The van der Waals surface area contributed by atoms with Gasteiger partial charge in [-0.25, -0.2) is 4.68 Å². The topological polar surface area (TPSA) is 76.2 Å². The van der Waals surface area contributed by atoms with Crippen molar-refractivity contribution in [3.63, 3.8) is 0 Å². The summed E-state index contributed by atoms with van der Waals surface area (Å²) in [6, 6.07) is 1.02. The molecule has 1 aliphatic rings. The van der Waals surface area contributed by atoms with Gasteiger partial charge in [-0.2, -0.15) is 5.10 Å². The number of aromatic nitrogens is 2. The molecule has 1 unspecified atom stereocenters. The van der Waals surface area contributed by atoms with Gasteiger partial charge in [0.25, 0.3) is 0 Å². The minimum Gasteiger partial charge on any atom is -0.363 e. The minimum atomic E-state index is -0.341. The van der Waals surface area contributed by atoms with Gasteiger partial charge in [0, 0.05) is 25.2 Å². The normalized spacial score (nSPS) is 16.2. The summed E-state index contributed by atoms with van der Waals surface area (Å²) in [7, 11) is 2.12. The van der Waals surface area contributed by atoms with Crippen LogP contribution < -0.4 is 5.32 Å². The van der Waals surface area contributed by atoms with Crippen LogP contribution in [0.2, 0.25) is 0 Å². The quantitative estimate of drug-likeness (QED) is 0.588. The molecule has 1 atom stereocenters. The molecule has 1 fully saturated rings. The van der Waals surface area contributed by atoms with Gasteiger partial charge in [0.1, 0.15) is 5.69 Å². The van der Waals surface area contributed by atoms with E-state index in [1.54, 1.807) is 11.6 Å². The van der Waals surface area contributed by atoms with E-state index < -0.39 is 0 Å². The van der Waals surface area contributed by atoms with E-state index in [-0.39, 0.29) is 10.6 Å². The number of aryl methyl sites for hydroxylation is 2. The number of nitrogens with one attached hydrogen (secondary N) is 1. The number of nitrogens with zero attached hydrogens (tertiary/aromatic N) is 4. The summed E-state index contributed by atoms with van der Waals surface area (Å²) in [6.45, 7) is 7.24. The number of hydrogen-bond donors (Lipinski definition) is 1. The fourth-order valence-corrected chi connectivity index (χ4v) is 2.57. The summed E-state index contributed by atoms with van der Waals surface area (Å²) in [5.74, 6) is 0.537. The van der Waals surface area contributed by atoms with Crippen molar-refractivity contribution in [1.29, 1.82) is 0 Å². The third-order valence-corrected chi connectivity index (χ3v) is 4.10. The van der Waals surface area contributed by atoms with Crippen LogP contribution in [0, 0.1) is 17.0 Å². The van der Waals surface area contributed by atoms with E-state index in [0.29, 0.717) is 36.7 Å². The third kappa shape index (κ3) is 3.53. The molecule has 7 nitrogen and oxygen atoms in total. The number of anilines is 1. The Kier molecular flexibility index (Phi) is 4.82. The van der Waals surface area contributed by atoms with Gasteiger partial charge in [-0.3, -0.25) is 15.0 Å². The number of rotatable bonds is 8. The molecular weight excluding hydrogens is 270 g/mol. The largest absolute Gasteiger partial charge is 0.363 e. The predicted octanol–water partition coefficient (Wildman–Crippen LogP) is 2.40. The molecule has 0 spiro atoms. The molecule has 0 saturated heterocycles. The minimum absolute atomic E-state index is 0.102. The zero-order valence-electron chi connectivity index (χ0n) is 13.3. The van der Waals surface area contributed by atoms with Crippen molar-refractivity contribution in [3.8, 4) is 0 Å². The smallest absolute Gasteiger partial charge is 0.333 e. The van der Waals surface area contributed by atoms with E-state index in [4.69, 9.17) is 0 Å². The maximum absolute atomic E-state index is 11.3. The summed E-state index contributed by atoms with van der Waals surface area (Å²) < 4.78 is 1.72. The fourth-order valence-electron chi connectivity index (χ4n) is 2.57. The average molecular weight is 295 g/mol. The Morgan fingerprint density at radius 3 is 2.76 bits per heavy atom. The lowest BCUT2D eigenvalue weighted by Crippen LogP contribution is -2.36. The first-order valence-electron chi connectivity index (χ1n) is 7.63. The zero-order chi connectivity index (χ0) is 15.6. The molecule has 7 heteroatoms. The van der Waals surface area contributed by atoms with E-state index >= 15 is 0 Å². The lowest BCUT2D eigenvalue weighted by atomic mass is 10.3. The molecule has 2 rings (SSSR count). The van der Waals surface area contributed by atoms with Crippen molar-refractivity contribution in [3.05, 3.63) is 15.8 Å². The van der Waals surface area contributed by atoms with Gasteiger partial charge in [0.15, 0.2) is 0 Å². The van der Waals surface area contributed by atoms with Gasteiger partial charge < -0.3 is 5.32 Å². The summed E-state index contributed by atoms with van der Waals surface area (Å²) in [4.78, 5) is 13.3. The first-order valence-corrected chi connectivity index (χ1v) is 7.63. The molecular formula is C14H25N5O2. The van der Waals surface area contributed by atoms with Gasteiger partial charge in [-0.05, 0) is 40.2 Å². The molecule has 1 aromatic heterocycles. The molecule has 1 saturated carbocycles. The fraction of sp³-hybridized carbons (Fsp3) is 0.786. The van der Waals surface area contributed by atoms with Crippen LogP contribution in [0.3, 0.4) is 0 Å². The molecule has 0 aromatic carbocycles. The third-order valence-electron chi connectivity index (χ3n) is 4.10. The Balaban J connectivity index is 2.11. The molecule has 1 aliphatic carbocycles. The van der Waals surface area contributed by atoms with Crippen molar-refractivity contribution in [2.45, 2.75) is 58.7 Å². The SMILES string of the molecule is CCCn1nc(C)c([N+](=O)[O-])c1NCC(C)N(C)C1CC1. The van der Waals surface area contributed by atoms with E-state index in [1.807, 2.05) is 6.92 Å². The molecule has 1 N–H and O–H groups in total. The van der Waals surface area contributed by atoms with Gasteiger partial charge in [0.2, 0.25) is 5.82 Å². The number of hydrogen-bond acceptors (Lipinski definition) is 5. The van der Waals surface area contributed by atoms with Crippen molar-refractivity contribution >= 4 is 11.5 Å². The van der Waals surface area contributed by atoms with Crippen molar-refractivity contribution in [2.24, 2.45) is 0 Å². The Morgan fingerprint density at radius 2 is 2.24 bits per heavy atom. The lowest BCUT2D eigenvalue weighted by molar-refractivity contribution is -0.384. The number of nitro groups is 1. The first kappa shape index (κ1) is 15.8. The van der Waals surface area contributed by atoms with Crippen LogP contribution in [-0.4, -0.2) is 45.3 Å². The van der Waals surface area contributed by atoms with E-state index in [0.717, 1.165) is 6.42 Å². The van der Waals surface area contributed by atoms with Crippen LogP contribution in [0.25, 0.3) is 0 Å². The summed E-state index contributed by atoms with van der Waals surface area (Å²) in [6.07, 6.45) is 3.41. The second kappa shape index (κ2) is 6.43. The highest BCUT2D eigenvalue weighted by molar-refractivity contribution is 5.59.